The van der Waals surface area contributed by atoms with Gasteiger partial charge >= 0.3 is 0 Å². The highest BCUT2D eigenvalue weighted by molar-refractivity contribution is 6.17. The molecule has 0 aliphatic rings. The molecule has 1 rings (SSSR count). The molecule has 0 spiro atoms. The van der Waals surface area contributed by atoms with Crippen LogP contribution in [0.3, 0.4) is 0 Å². The van der Waals surface area contributed by atoms with E-state index in [1.807, 2.05) is 24.3 Å². The molecule has 1 aromatic rings. The average Bonchev–Trinajstić information content (AvgIpc) is 2.38. The lowest BCUT2D eigenvalue weighted by Gasteiger charge is -2.19. The number of halogens is 1. The molecule has 1 aromatic carbocycles. The second-order valence-corrected chi connectivity index (χ2v) is 4.31. The molecule has 96 valence electrons. The van der Waals surface area contributed by atoms with Crippen molar-refractivity contribution in [3.8, 4) is 5.75 Å². The van der Waals surface area contributed by atoms with Crippen molar-refractivity contribution in [3.05, 3.63) is 29.8 Å². The van der Waals surface area contributed by atoms with Crippen molar-refractivity contribution in [1.29, 1.82) is 0 Å². The summed E-state index contributed by atoms with van der Waals surface area (Å²) in [6.45, 7) is 2.82. The molecule has 0 aliphatic carbocycles. The number of ether oxygens (including phenoxy) is 1. The van der Waals surface area contributed by atoms with E-state index in [4.69, 9.17) is 22.2 Å². The molecule has 4 heteroatoms. The smallest absolute Gasteiger partial charge is 0.124 e. The molecule has 0 heterocycles. The monoisotopic (exact) mass is 256 g/mol. The number of alkyl halides is 1. The fourth-order valence-electron chi connectivity index (χ4n) is 1.72. The first kappa shape index (κ1) is 14.3. The molecular formula is C13H21ClN2O. The van der Waals surface area contributed by atoms with Gasteiger partial charge in [-0.2, -0.15) is 0 Å². The molecule has 0 bridgehead atoms. The molecule has 3 N–H and O–H groups in total. The summed E-state index contributed by atoms with van der Waals surface area (Å²) in [5.74, 6) is 7.15. The van der Waals surface area contributed by atoms with E-state index < -0.39 is 0 Å². The molecule has 0 saturated carbocycles. The lowest BCUT2D eigenvalue weighted by atomic mass is 10.0. The van der Waals surface area contributed by atoms with Gasteiger partial charge in [0.2, 0.25) is 0 Å². The van der Waals surface area contributed by atoms with Gasteiger partial charge in [-0.05, 0) is 25.3 Å². The number of hydrazine groups is 1. The Balaban J connectivity index is 2.77. The van der Waals surface area contributed by atoms with Crippen LogP contribution in [0.5, 0.6) is 5.75 Å². The van der Waals surface area contributed by atoms with E-state index in [0.29, 0.717) is 5.88 Å². The first-order chi connectivity index (χ1) is 8.33. The summed E-state index contributed by atoms with van der Waals surface area (Å²) < 4.78 is 5.72. The van der Waals surface area contributed by atoms with Crippen molar-refractivity contribution in [2.45, 2.75) is 32.2 Å². The Kier molecular flexibility index (Phi) is 7.01. The maximum Gasteiger partial charge on any atom is 0.124 e. The minimum Gasteiger partial charge on any atom is -0.493 e. The zero-order valence-corrected chi connectivity index (χ0v) is 11.0. The maximum absolute atomic E-state index is 5.72. The van der Waals surface area contributed by atoms with Crippen molar-refractivity contribution in [3.63, 3.8) is 0 Å². The largest absolute Gasteiger partial charge is 0.493 e. The Morgan fingerprint density at radius 3 is 2.82 bits per heavy atom. The van der Waals surface area contributed by atoms with Crippen molar-refractivity contribution < 1.29 is 4.74 Å². The molecule has 0 amide bonds. The summed E-state index contributed by atoms with van der Waals surface area (Å²) in [4.78, 5) is 0. The highest BCUT2D eigenvalue weighted by atomic mass is 35.5. The number of benzene rings is 1. The summed E-state index contributed by atoms with van der Waals surface area (Å²) in [7, 11) is 0. The van der Waals surface area contributed by atoms with Crippen LogP contribution in [0.15, 0.2) is 24.3 Å². The summed E-state index contributed by atoms with van der Waals surface area (Å²) in [5.41, 5.74) is 3.94. The van der Waals surface area contributed by atoms with Crippen LogP contribution >= 0.6 is 11.6 Å². The van der Waals surface area contributed by atoms with E-state index in [9.17, 15) is 0 Å². The number of nitrogens with two attached hydrogens (primary N) is 1. The Morgan fingerprint density at radius 1 is 1.41 bits per heavy atom. The first-order valence-corrected chi connectivity index (χ1v) is 6.60. The molecule has 0 radical (unpaired) electrons. The van der Waals surface area contributed by atoms with Crippen LogP contribution in [0.2, 0.25) is 0 Å². The molecule has 0 saturated heterocycles. The lowest BCUT2D eigenvalue weighted by Crippen LogP contribution is -2.28. The summed E-state index contributed by atoms with van der Waals surface area (Å²) >= 11 is 5.71. The zero-order valence-electron chi connectivity index (χ0n) is 10.3. The van der Waals surface area contributed by atoms with E-state index in [1.54, 1.807) is 0 Å². The van der Waals surface area contributed by atoms with Gasteiger partial charge in [0, 0.05) is 17.5 Å². The van der Waals surface area contributed by atoms with Crippen LogP contribution in [0, 0.1) is 0 Å². The molecule has 3 nitrogen and oxygen atoms in total. The fraction of sp³-hybridized carbons (Fsp3) is 0.538. The van der Waals surface area contributed by atoms with Crippen molar-refractivity contribution in [2.24, 2.45) is 5.84 Å². The predicted octanol–water partition coefficient (Wildman–Crippen LogP) is 3.00. The summed E-state index contributed by atoms with van der Waals surface area (Å²) in [6, 6.07) is 8.10. The zero-order chi connectivity index (χ0) is 12.5. The van der Waals surface area contributed by atoms with E-state index >= 15 is 0 Å². The standard InChI is InChI=1S/C13H21ClN2O/c1-2-10-17-13-8-4-3-6-11(13)12(16-15)7-5-9-14/h3-4,6,8,12,16H,2,5,7,9-10,15H2,1H3. The van der Waals surface area contributed by atoms with Gasteiger partial charge in [0.25, 0.3) is 0 Å². The van der Waals surface area contributed by atoms with Crippen LogP contribution in [0.4, 0.5) is 0 Å². The number of hydrogen-bond acceptors (Lipinski definition) is 3. The molecular weight excluding hydrogens is 236 g/mol. The van der Waals surface area contributed by atoms with Crippen LogP contribution in [0.1, 0.15) is 37.8 Å². The highest BCUT2D eigenvalue weighted by Gasteiger charge is 2.13. The highest BCUT2D eigenvalue weighted by Crippen LogP contribution is 2.27. The van der Waals surface area contributed by atoms with E-state index in [-0.39, 0.29) is 6.04 Å². The predicted molar refractivity (Wildman–Crippen MR) is 72.2 cm³/mol. The van der Waals surface area contributed by atoms with Gasteiger partial charge in [-0.1, -0.05) is 25.1 Å². The van der Waals surface area contributed by atoms with Crippen LogP contribution < -0.4 is 16.0 Å². The number of nitrogens with one attached hydrogen (secondary N) is 1. The van der Waals surface area contributed by atoms with Crippen LogP contribution in [-0.2, 0) is 0 Å². The SMILES string of the molecule is CCCOc1ccccc1C(CCCCl)NN. The van der Waals surface area contributed by atoms with E-state index in [0.717, 1.165) is 37.2 Å². The molecule has 1 unspecified atom stereocenters. The van der Waals surface area contributed by atoms with Gasteiger partial charge < -0.3 is 4.74 Å². The van der Waals surface area contributed by atoms with Gasteiger partial charge in [-0.25, -0.2) is 0 Å². The van der Waals surface area contributed by atoms with Crippen LogP contribution in [-0.4, -0.2) is 12.5 Å². The van der Waals surface area contributed by atoms with Crippen LogP contribution in [0.25, 0.3) is 0 Å². The minimum absolute atomic E-state index is 0.0989. The summed E-state index contributed by atoms with van der Waals surface area (Å²) in [6.07, 6.45) is 2.84. The van der Waals surface area contributed by atoms with Gasteiger partial charge in [0.05, 0.1) is 6.61 Å². The third kappa shape index (κ3) is 4.54. The second-order valence-electron chi connectivity index (χ2n) is 3.94. The Labute approximate surface area is 108 Å². The Morgan fingerprint density at radius 2 is 2.18 bits per heavy atom. The van der Waals surface area contributed by atoms with Gasteiger partial charge in [-0.3, -0.25) is 11.3 Å². The molecule has 17 heavy (non-hydrogen) atoms. The number of rotatable bonds is 8. The first-order valence-electron chi connectivity index (χ1n) is 6.07. The number of para-hydroxylation sites is 1. The molecule has 0 aliphatic heterocycles. The molecule has 1 atom stereocenters. The quantitative estimate of drug-likeness (QED) is 0.427. The van der Waals surface area contributed by atoms with Crippen molar-refractivity contribution >= 4 is 11.6 Å². The van der Waals surface area contributed by atoms with Gasteiger partial charge in [0.15, 0.2) is 0 Å². The second kappa shape index (κ2) is 8.34. The maximum atomic E-state index is 5.72. The fourth-order valence-corrected chi connectivity index (χ4v) is 1.88. The Bertz CT molecular complexity index is 320. The topological polar surface area (TPSA) is 47.3 Å². The van der Waals surface area contributed by atoms with Gasteiger partial charge in [0.1, 0.15) is 5.75 Å². The Hall–Kier alpha value is -0.770. The van der Waals surface area contributed by atoms with E-state index in [1.165, 1.54) is 0 Å². The molecule has 0 fully saturated rings. The van der Waals surface area contributed by atoms with Crippen molar-refractivity contribution in [1.82, 2.24) is 5.43 Å². The minimum atomic E-state index is 0.0989. The van der Waals surface area contributed by atoms with Crippen molar-refractivity contribution in [2.75, 3.05) is 12.5 Å². The number of hydrogen-bond donors (Lipinski definition) is 2. The van der Waals surface area contributed by atoms with E-state index in [2.05, 4.69) is 12.3 Å². The molecule has 0 aromatic heterocycles. The summed E-state index contributed by atoms with van der Waals surface area (Å²) in [5, 5.41) is 0. The third-order valence-electron chi connectivity index (χ3n) is 2.58. The normalized spacial score (nSPS) is 12.4. The lowest BCUT2D eigenvalue weighted by molar-refractivity contribution is 0.309. The van der Waals surface area contributed by atoms with Gasteiger partial charge in [-0.15, -0.1) is 11.6 Å². The third-order valence-corrected chi connectivity index (χ3v) is 2.85. The average molecular weight is 257 g/mol.